The van der Waals surface area contributed by atoms with E-state index < -0.39 is 17.8 Å². The molecule has 3 aromatic heterocycles. The van der Waals surface area contributed by atoms with Gasteiger partial charge in [0, 0.05) is 42.1 Å². The van der Waals surface area contributed by atoms with Gasteiger partial charge in [0.1, 0.15) is 17.5 Å². The highest BCUT2D eigenvalue weighted by Gasteiger charge is 2.33. The Kier molecular flexibility index (Phi) is 6.56. The lowest BCUT2D eigenvalue weighted by Crippen LogP contribution is -2.17. The molecule has 0 unspecified atom stereocenters. The third-order valence-electron chi connectivity index (χ3n) is 5.57. The molecule has 0 spiro atoms. The second-order valence-corrected chi connectivity index (χ2v) is 7.87. The molecule has 0 radical (unpaired) electrons. The third-order valence-corrected chi connectivity index (χ3v) is 5.57. The lowest BCUT2D eigenvalue weighted by atomic mass is 9.91. The van der Waals surface area contributed by atoms with Gasteiger partial charge in [-0.2, -0.15) is 18.4 Å². The first-order valence-electron chi connectivity index (χ1n) is 10.6. The van der Waals surface area contributed by atoms with Gasteiger partial charge in [0.15, 0.2) is 0 Å². The molecule has 1 amide bonds. The number of pyridine rings is 3. The molecular weight excluding hydrogens is 447 g/mol. The first-order chi connectivity index (χ1) is 16.3. The Balaban J connectivity index is 1.60. The number of aryl methyl sites for hydroxylation is 1. The highest BCUT2D eigenvalue weighted by atomic mass is 19.4. The molecule has 10 heteroatoms. The summed E-state index contributed by atoms with van der Waals surface area (Å²) in [4.78, 5) is 24.8. The maximum atomic E-state index is 12.9. The molecule has 0 aromatic carbocycles. The number of nitrogens with one attached hydrogen (secondary N) is 1. The molecule has 0 atom stereocenters. The van der Waals surface area contributed by atoms with E-state index in [1.165, 1.54) is 12.3 Å². The summed E-state index contributed by atoms with van der Waals surface area (Å²) in [5, 5.41) is 12.2. The van der Waals surface area contributed by atoms with Crippen LogP contribution in [0.15, 0.2) is 42.7 Å². The summed E-state index contributed by atoms with van der Waals surface area (Å²) in [6.45, 7) is 3.03. The zero-order valence-corrected chi connectivity index (χ0v) is 18.2. The Hall–Kier alpha value is -3.84. The number of aromatic nitrogens is 3. The maximum absolute atomic E-state index is 12.9. The van der Waals surface area contributed by atoms with Gasteiger partial charge in [-0.25, -0.2) is 4.98 Å². The largest absolute Gasteiger partial charge is 0.433 e. The second-order valence-electron chi connectivity index (χ2n) is 7.87. The molecule has 3 aromatic rings. The topological polar surface area (TPSA) is 101 Å². The SMILES string of the molecule is Cc1ncc(NC(=O)c2cccc(C(F)(F)F)n2)cc1-c1cnc(C2CCOCC2)c(C#N)c1. The molecule has 1 aliphatic rings. The molecule has 4 rings (SSSR count). The van der Waals surface area contributed by atoms with Gasteiger partial charge in [0.2, 0.25) is 0 Å². The van der Waals surface area contributed by atoms with E-state index in [0.717, 1.165) is 30.7 Å². The summed E-state index contributed by atoms with van der Waals surface area (Å²) < 4.78 is 44.1. The number of nitriles is 1. The number of alkyl halides is 3. The van der Waals surface area contributed by atoms with Crippen molar-refractivity contribution in [2.45, 2.75) is 31.9 Å². The molecule has 7 nitrogen and oxygen atoms in total. The summed E-state index contributed by atoms with van der Waals surface area (Å²) in [6, 6.07) is 8.71. The Labute approximate surface area is 193 Å². The van der Waals surface area contributed by atoms with Crippen LogP contribution in [0, 0.1) is 18.3 Å². The van der Waals surface area contributed by atoms with E-state index in [2.05, 4.69) is 26.3 Å². The van der Waals surface area contributed by atoms with Gasteiger partial charge in [-0.05, 0) is 44.0 Å². The Morgan fingerprint density at radius 1 is 1.18 bits per heavy atom. The summed E-state index contributed by atoms with van der Waals surface area (Å²) in [7, 11) is 0. The van der Waals surface area contributed by atoms with Crippen LogP contribution in [0.25, 0.3) is 11.1 Å². The van der Waals surface area contributed by atoms with Crippen LogP contribution in [-0.4, -0.2) is 34.1 Å². The minimum absolute atomic E-state index is 0.155. The lowest BCUT2D eigenvalue weighted by Gasteiger charge is -2.22. The van der Waals surface area contributed by atoms with Crippen LogP contribution in [-0.2, 0) is 10.9 Å². The number of anilines is 1. The molecule has 4 heterocycles. The standard InChI is InChI=1S/C24H20F3N5O2/c1-14-19(17-9-16(11-28)22(30-12-17)15-5-7-34-8-6-15)10-18(13-29-14)31-23(33)20-3-2-4-21(32-20)24(25,26)27/h2-4,9-10,12-13,15H,5-8H2,1H3,(H,31,33). The zero-order chi connectivity index (χ0) is 24.3. The van der Waals surface area contributed by atoms with Crippen molar-refractivity contribution in [2.75, 3.05) is 18.5 Å². The van der Waals surface area contributed by atoms with Crippen LogP contribution in [0.4, 0.5) is 18.9 Å². The van der Waals surface area contributed by atoms with Crippen molar-refractivity contribution in [1.29, 1.82) is 5.26 Å². The van der Waals surface area contributed by atoms with Crippen LogP contribution >= 0.6 is 0 Å². The Bertz CT molecular complexity index is 1260. The molecule has 0 saturated carbocycles. The average molecular weight is 467 g/mol. The van der Waals surface area contributed by atoms with Crippen molar-refractivity contribution in [1.82, 2.24) is 15.0 Å². The quantitative estimate of drug-likeness (QED) is 0.587. The number of hydrogen-bond donors (Lipinski definition) is 1. The van der Waals surface area contributed by atoms with Crippen LogP contribution in [0.1, 0.15) is 51.9 Å². The van der Waals surface area contributed by atoms with Crippen LogP contribution in [0.2, 0.25) is 0 Å². The molecule has 1 fully saturated rings. The number of ether oxygens (including phenoxy) is 1. The minimum Gasteiger partial charge on any atom is -0.381 e. The molecule has 1 N–H and O–H groups in total. The van der Waals surface area contributed by atoms with E-state index in [1.807, 2.05) is 0 Å². The summed E-state index contributed by atoms with van der Waals surface area (Å²) in [5.74, 6) is -0.643. The van der Waals surface area contributed by atoms with Gasteiger partial charge >= 0.3 is 6.18 Å². The number of hydrogen-bond acceptors (Lipinski definition) is 6. The molecule has 0 bridgehead atoms. The van der Waals surface area contributed by atoms with Crippen LogP contribution < -0.4 is 5.32 Å². The van der Waals surface area contributed by atoms with Crippen molar-refractivity contribution >= 4 is 11.6 Å². The number of rotatable bonds is 4. The van der Waals surface area contributed by atoms with E-state index in [4.69, 9.17) is 4.74 Å². The van der Waals surface area contributed by atoms with E-state index in [9.17, 15) is 23.2 Å². The van der Waals surface area contributed by atoms with Crippen molar-refractivity contribution in [2.24, 2.45) is 0 Å². The molecule has 1 aliphatic heterocycles. The fraction of sp³-hybridized carbons (Fsp3) is 0.292. The molecule has 174 valence electrons. The molecular formula is C24H20F3N5O2. The van der Waals surface area contributed by atoms with Crippen molar-refractivity contribution < 1.29 is 22.7 Å². The first kappa shape index (κ1) is 23.3. The van der Waals surface area contributed by atoms with Crippen LogP contribution in [0.5, 0.6) is 0 Å². The van der Waals surface area contributed by atoms with E-state index in [0.29, 0.717) is 35.6 Å². The lowest BCUT2D eigenvalue weighted by molar-refractivity contribution is -0.141. The molecule has 1 saturated heterocycles. The van der Waals surface area contributed by atoms with Crippen molar-refractivity contribution in [3.05, 3.63) is 71.1 Å². The number of halogens is 3. The summed E-state index contributed by atoms with van der Waals surface area (Å²) >= 11 is 0. The number of carbonyl (C=O) groups is 1. The monoisotopic (exact) mass is 467 g/mol. The smallest absolute Gasteiger partial charge is 0.381 e. The highest BCUT2D eigenvalue weighted by Crippen LogP contribution is 2.32. The fourth-order valence-corrected chi connectivity index (χ4v) is 3.82. The van der Waals surface area contributed by atoms with Gasteiger partial charge in [-0.15, -0.1) is 0 Å². The van der Waals surface area contributed by atoms with Gasteiger partial charge in [0.25, 0.3) is 5.91 Å². The summed E-state index contributed by atoms with van der Waals surface area (Å²) in [5.41, 5.74) is 1.87. The molecule has 34 heavy (non-hydrogen) atoms. The number of amides is 1. The fourth-order valence-electron chi connectivity index (χ4n) is 3.82. The Morgan fingerprint density at radius 3 is 2.65 bits per heavy atom. The Morgan fingerprint density at radius 2 is 1.94 bits per heavy atom. The predicted octanol–water partition coefficient (Wildman–Crippen LogP) is 4.88. The van der Waals surface area contributed by atoms with E-state index >= 15 is 0 Å². The number of carbonyl (C=O) groups excluding carboxylic acids is 1. The second kappa shape index (κ2) is 9.57. The average Bonchev–Trinajstić information content (AvgIpc) is 2.85. The zero-order valence-electron chi connectivity index (χ0n) is 18.2. The van der Waals surface area contributed by atoms with E-state index in [-0.39, 0.29) is 17.3 Å². The number of nitrogens with zero attached hydrogens (tertiary/aromatic N) is 4. The summed E-state index contributed by atoms with van der Waals surface area (Å²) in [6.07, 6.45) is 0.00548. The van der Waals surface area contributed by atoms with Gasteiger partial charge in [-0.3, -0.25) is 14.8 Å². The van der Waals surface area contributed by atoms with Gasteiger partial charge < -0.3 is 10.1 Å². The minimum atomic E-state index is -4.66. The predicted molar refractivity (Wildman–Crippen MR) is 117 cm³/mol. The first-order valence-corrected chi connectivity index (χ1v) is 10.6. The van der Waals surface area contributed by atoms with E-state index in [1.54, 1.807) is 25.3 Å². The highest BCUT2D eigenvalue weighted by molar-refractivity contribution is 6.03. The molecule has 0 aliphatic carbocycles. The van der Waals surface area contributed by atoms with Gasteiger partial charge in [-0.1, -0.05) is 6.07 Å². The normalized spacial score (nSPS) is 14.4. The third kappa shape index (κ3) is 5.05. The van der Waals surface area contributed by atoms with Crippen molar-refractivity contribution in [3.63, 3.8) is 0 Å². The van der Waals surface area contributed by atoms with Crippen LogP contribution in [0.3, 0.4) is 0 Å². The maximum Gasteiger partial charge on any atom is 0.433 e. The van der Waals surface area contributed by atoms with Gasteiger partial charge in [0.05, 0.1) is 23.1 Å². The van der Waals surface area contributed by atoms with Crippen molar-refractivity contribution in [3.8, 4) is 17.2 Å².